The van der Waals surface area contributed by atoms with Crippen molar-refractivity contribution < 1.29 is 52.0 Å². The van der Waals surface area contributed by atoms with Crippen LogP contribution >= 0.6 is 23.2 Å². The van der Waals surface area contributed by atoms with Gasteiger partial charge in [-0.15, -0.1) is 23.2 Å². The minimum Gasteiger partial charge on any atom is -0.463 e. The lowest BCUT2D eigenvalue weighted by molar-refractivity contribution is -0.277. The molecule has 1 heterocycles. The van der Waals surface area contributed by atoms with Crippen LogP contribution in [0.15, 0.2) is 48.5 Å². The zero-order chi connectivity index (χ0) is 35.9. The number of carbonyl (C=O) groups excluding carboxylic acids is 5. The third-order valence-corrected chi connectivity index (χ3v) is 7.48. The van der Waals surface area contributed by atoms with E-state index < -0.39 is 61.4 Å². The average molecular weight is 729 g/mol. The number of nitrogens with one attached hydrogen (secondary N) is 2. The van der Waals surface area contributed by atoms with Gasteiger partial charge in [0.05, 0.1) is 0 Å². The maximum Gasteiger partial charge on any atom is 0.414 e. The molecule has 2 aromatic rings. The molecule has 0 spiro atoms. The lowest BCUT2D eigenvalue weighted by Gasteiger charge is -2.41. The highest BCUT2D eigenvalue weighted by atomic mass is 35.5. The van der Waals surface area contributed by atoms with Crippen molar-refractivity contribution in [3.63, 3.8) is 0 Å². The molecule has 5 atom stereocenters. The van der Waals surface area contributed by atoms with Gasteiger partial charge in [-0.3, -0.25) is 24.5 Å². The molecule has 268 valence electrons. The van der Waals surface area contributed by atoms with Gasteiger partial charge in [-0.1, -0.05) is 12.1 Å². The fraction of sp³-hybridized carbons (Fsp3) is 0.485. The number of ether oxygens (including phenoxy) is 5. The van der Waals surface area contributed by atoms with Crippen LogP contribution in [0, 0.1) is 0 Å². The minimum absolute atomic E-state index is 0.187. The van der Waals surface area contributed by atoms with E-state index >= 15 is 4.39 Å². The number of rotatable bonds is 16. The van der Waals surface area contributed by atoms with Crippen LogP contribution in [-0.4, -0.2) is 92.1 Å². The zero-order valence-corrected chi connectivity index (χ0v) is 28.8. The molecule has 2 amide bonds. The number of esters is 3. The van der Waals surface area contributed by atoms with Crippen LogP contribution in [0.5, 0.6) is 0 Å². The lowest BCUT2D eigenvalue weighted by atomic mass is 9.99. The highest BCUT2D eigenvalue weighted by Gasteiger charge is 2.52. The van der Waals surface area contributed by atoms with Crippen LogP contribution in [0.2, 0.25) is 0 Å². The van der Waals surface area contributed by atoms with Gasteiger partial charge in [-0.2, -0.15) is 0 Å². The van der Waals surface area contributed by atoms with Gasteiger partial charge in [0.1, 0.15) is 12.7 Å². The second-order valence-electron chi connectivity index (χ2n) is 11.0. The molecule has 1 fully saturated rings. The van der Waals surface area contributed by atoms with Crippen LogP contribution in [0.3, 0.4) is 0 Å². The Labute approximate surface area is 293 Å². The Morgan fingerprint density at radius 2 is 1.37 bits per heavy atom. The van der Waals surface area contributed by atoms with E-state index in [0.717, 1.165) is 32.0 Å². The van der Waals surface area contributed by atoms with E-state index in [9.17, 15) is 24.0 Å². The largest absolute Gasteiger partial charge is 0.463 e. The average Bonchev–Trinajstić information content (AvgIpc) is 3.04. The van der Waals surface area contributed by atoms with Crippen molar-refractivity contribution in [2.45, 2.75) is 70.8 Å². The summed E-state index contributed by atoms with van der Waals surface area (Å²) >= 11 is 11.8. The molecule has 2 N–H and O–H groups in total. The van der Waals surface area contributed by atoms with Crippen molar-refractivity contribution in [2.24, 2.45) is 0 Å². The lowest BCUT2D eigenvalue weighted by Crippen LogP contribution is -2.60. The van der Waals surface area contributed by atoms with Crippen LogP contribution in [0.1, 0.15) is 39.2 Å². The fourth-order valence-electron chi connectivity index (χ4n) is 4.97. The van der Waals surface area contributed by atoms with Gasteiger partial charge in [0, 0.05) is 69.1 Å². The second-order valence-corrected chi connectivity index (χ2v) is 11.7. The Hall–Kier alpha value is -4.14. The maximum absolute atomic E-state index is 15.4. The predicted octanol–water partition coefficient (Wildman–Crippen LogP) is 4.97. The summed E-state index contributed by atoms with van der Waals surface area (Å²) in [6, 6.07) is 14.2. The number of hydrogen-bond donors (Lipinski definition) is 2. The Morgan fingerprint density at radius 3 is 1.92 bits per heavy atom. The first-order valence-electron chi connectivity index (χ1n) is 15.5. The third kappa shape index (κ3) is 13.0. The first kappa shape index (κ1) is 39.3. The summed E-state index contributed by atoms with van der Waals surface area (Å²) in [6.07, 6.45) is -8.23. The normalized spacial score (nSPS) is 20.0. The Balaban J connectivity index is 1.51. The van der Waals surface area contributed by atoms with E-state index in [1.54, 1.807) is 12.1 Å². The second kappa shape index (κ2) is 19.8. The molecule has 0 unspecified atom stereocenters. The molecule has 1 saturated heterocycles. The number of hydrogen-bond acceptors (Lipinski definition) is 11. The van der Waals surface area contributed by atoms with E-state index in [0.29, 0.717) is 43.4 Å². The monoisotopic (exact) mass is 727 g/mol. The topological polar surface area (TPSA) is 159 Å². The maximum atomic E-state index is 15.4. The van der Waals surface area contributed by atoms with Crippen molar-refractivity contribution in [1.82, 2.24) is 0 Å². The standard InChI is InChI=1S/C33H40Cl2FN3O10/c1-20(40)45-19-27-30(46-21(2)41)31(47-22(3)42)29(36)32(48-27)49-33(44)38-25-11-9-24(10-12-25)37-28(43)6-4-5-23-7-13-26(14-8-23)39(17-15-34)18-16-35/h7-14,27,29-32H,4-6,15-19H2,1-3H3,(H,37,43)(H,38,44)/t27-,29+,30-,31-,32+/m1/s1. The molecule has 1 aliphatic rings. The molecule has 1 aliphatic heterocycles. The molecule has 0 bridgehead atoms. The fourth-order valence-corrected chi connectivity index (χ4v) is 5.38. The molecule has 49 heavy (non-hydrogen) atoms. The molecule has 3 rings (SSSR count). The predicted molar refractivity (Wildman–Crippen MR) is 180 cm³/mol. The highest BCUT2D eigenvalue weighted by Crippen LogP contribution is 2.30. The summed E-state index contributed by atoms with van der Waals surface area (Å²) < 4.78 is 41.1. The van der Waals surface area contributed by atoms with Gasteiger partial charge >= 0.3 is 24.0 Å². The molecule has 13 nitrogen and oxygen atoms in total. The van der Waals surface area contributed by atoms with E-state index in [2.05, 4.69) is 15.5 Å². The summed E-state index contributed by atoms with van der Waals surface area (Å²) in [5.41, 5.74) is 2.87. The molecular formula is C33H40Cl2FN3O10. The first-order chi connectivity index (χ1) is 23.4. The van der Waals surface area contributed by atoms with Gasteiger partial charge in [-0.05, 0) is 54.8 Å². The quantitative estimate of drug-likeness (QED) is 0.137. The van der Waals surface area contributed by atoms with Crippen molar-refractivity contribution in [2.75, 3.05) is 47.0 Å². The highest BCUT2D eigenvalue weighted by molar-refractivity contribution is 6.18. The zero-order valence-electron chi connectivity index (χ0n) is 27.3. The molecule has 0 radical (unpaired) electrons. The Kier molecular flexibility index (Phi) is 15.8. The summed E-state index contributed by atoms with van der Waals surface area (Å²) in [6.45, 7) is 4.08. The van der Waals surface area contributed by atoms with Crippen LogP contribution in [0.25, 0.3) is 0 Å². The molecule has 2 aromatic carbocycles. The van der Waals surface area contributed by atoms with Crippen molar-refractivity contribution in [3.8, 4) is 0 Å². The summed E-state index contributed by atoms with van der Waals surface area (Å²) in [5, 5.41) is 5.21. The van der Waals surface area contributed by atoms with Crippen LogP contribution in [0.4, 0.5) is 26.2 Å². The minimum atomic E-state index is -2.27. The Bertz CT molecular complexity index is 1410. The third-order valence-electron chi connectivity index (χ3n) is 7.15. The first-order valence-corrected chi connectivity index (χ1v) is 16.6. The van der Waals surface area contributed by atoms with Gasteiger partial charge in [0.15, 0.2) is 12.2 Å². The van der Waals surface area contributed by atoms with Gasteiger partial charge < -0.3 is 33.9 Å². The molecule has 0 saturated carbocycles. The number of anilines is 3. The SMILES string of the molecule is CC(=O)OC[C@H]1O[C@@H](OC(=O)Nc2ccc(NC(=O)CCCc3ccc(N(CCCl)CCCl)cc3)cc2)[C@@H](F)[C@@H](OC(C)=O)[C@@H]1OC(C)=O. The number of carbonyl (C=O) groups is 5. The molecule has 0 aromatic heterocycles. The molecule has 0 aliphatic carbocycles. The summed E-state index contributed by atoms with van der Waals surface area (Å²) in [5.74, 6) is -1.62. The van der Waals surface area contributed by atoms with Gasteiger partial charge in [0.25, 0.3) is 0 Å². The molecular weight excluding hydrogens is 688 g/mol. The van der Waals surface area contributed by atoms with Crippen LogP contribution < -0.4 is 15.5 Å². The van der Waals surface area contributed by atoms with Gasteiger partial charge in [0.2, 0.25) is 18.4 Å². The smallest absolute Gasteiger partial charge is 0.414 e. The Morgan fingerprint density at radius 1 is 0.796 bits per heavy atom. The van der Waals surface area contributed by atoms with Crippen molar-refractivity contribution >= 4 is 70.2 Å². The number of halogens is 3. The van der Waals surface area contributed by atoms with E-state index in [1.165, 1.54) is 12.1 Å². The number of alkyl halides is 3. The number of nitrogens with zero attached hydrogens (tertiary/aromatic N) is 1. The number of amides is 2. The van der Waals surface area contributed by atoms with E-state index in [4.69, 9.17) is 46.9 Å². The number of aryl methyl sites for hydroxylation is 1. The number of benzene rings is 2. The van der Waals surface area contributed by atoms with E-state index in [-0.39, 0.29) is 18.0 Å². The van der Waals surface area contributed by atoms with Crippen molar-refractivity contribution in [3.05, 3.63) is 54.1 Å². The summed E-state index contributed by atoms with van der Waals surface area (Å²) in [4.78, 5) is 62.0. The van der Waals surface area contributed by atoms with Crippen LogP contribution in [-0.2, 0) is 49.3 Å². The van der Waals surface area contributed by atoms with Gasteiger partial charge in [-0.25, -0.2) is 9.18 Å². The molecule has 16 heteroatoms. The van der Waals surface area contributed by atoms with Crippen molar-refractivity contribution in [1.29, 1.82) is 0 Å². The summed E-state index contributed by atoms with van der Waals surface area (Å²) in [7, 11) is 0. The van der Waals surface area contributed by atoms with E-state index in [1.807, 2.05) is 24.3 Å².